The zero-order valence-corrected chi connectivity index (χ0v) is 13.0. The van der Waals surface area contributed by atoms with E-state index >= 15 is 0 Å². The van der Waals surface area contributed by atoms with Gasteiger partial charge < -0.3 is 5.11 Å². The van der Waals surface area contributed by atoms with E-state index in [0.29, 0.717) is 12.3 Å². The highest BCUT2D eigenvalue weighted by atomic mass is 16.3. The highest BCUT2D eigenvalue weighted by molar-refractivity contribution is 5.24. The molecule has 8 nitrogen and oxygen atoms in total. The van der Waals surface area contributed by atoms with Gasteiger partial charge in [-0.1, -0.05) is 0 Å². The molecular weight excluding hydrogens is 294 g/mol. The first kappa shape index (κ1) is 14.3. The molecule has 0 spiro atoms. The van der Waals surface area contributed by atoms with Crippen LogP contribution in [-0.2, 0) is 19.6 Å². The summed E-state index contributed by atoms with van der Waals surface area (Å²) in [6, 6.07) is 3.83. The van der Waals surface area contributed by atoms with Crippen LogP contribution in [0.1, 0.15) is 36.7 Å². The van der Waals surface area contributed by atoms with E-state index in [4.69, 9.17) is 0 Å². The van der Waals surface area contributed by atoms with Crippen molar-refractivity contribution in [2.75, 3.05) is 6.54 Å². The van der Waals surface area contributed by atoms with Gasteiger partial charge in [0.25, 0.3) is 5.78 Å². The van der Waals surface area contributed by atoms with Crippen molar-refractivity contribution in [1.82, 2.24) is 34.3 Å². The minimum Gasteiger partial charge on any atom is -0.387 e. The third-order valence-corrected chi connectivity index (χ3v) is 4.07. The minimum atomic E-state index is -0.533. The van der Waals surface area contributed by atoms with Crippen LogP contribution in [0.25, 0.3) is 5.78 Å². The second kappa shape index (κ2) is 5.71. The van der Waals surface area contributed by atoms with Gasteiger partial charge in [0.15, 0.2) is 5.82 Å². The maximum absolute atomic E-state index is 9.71. The van der Waals surface area contributed by atoms with E-state index in [1.165, 1.54) is 0 Å². The van der Waals surface area contributed by atoms with Crippen LogP contribution in [0.15, 0.2) is 24.5 Å². The molecule has 0 aliphatic carbocycles. The van der Waals surface area contributed by atoms with E-state index < -0.39 is 6.10 Å². The molecule has 1 aliphatic heterocycles. The number of nitrogens with zero attached hydrogens (tertiary/aromatic N) is 7. The summed E-state index contributed by atoms with van der Waals surface area (Å²) in [5.41, 5.74) is 1.86. The summed E-state index contributed by atoms with van der Waals surface area (Å²) in [6.07, 6.45) is 4.05. The molecule has 0 aromatic carbocycles. The lowest BCUT2D eigenvalue weighted by molar-refractivity contribution is 0.193. The second-order valence-corrected chi connectivity index (χ2v) is 5.92. The largest absolute Gasteiger partial charge is 0.387 e. The van der Waals surface area contributed by atoms with Crippen molar-refractivity contribution in [2.24, 2.45) is 0 Å². The topological polar surface area (TPSA) is 84.4 Å². The minimum absolute atomic E-state index is 0.533. The fraction of sp³-hybridized carbons (Fsp3) is 0.467. The molecule has 1 atom stereocenters. The van der Waals surface area contributed by atoms with Gasteiger partial charge in [-0.25, -0.2) is 9.50 Å². The average molecular weight is 313 g/mol. The summed E-state index contributed by atoms with van der Waals surface area (Å²) in [5.74, 6) is 1.39. The molecule has 0 saturated heterocycles. The van der Waals surface area contributed by atoms with Crippen molar-refractivity contribution in [2.45, 2.75) is 39.1 Å². The molecule has 4 heterocycles. The molecule has 120 valence electrons. The third-order valence-electron chi connectivity index (χ3n) is 4.07. The normalized spacial score (nSPS) is 17.1. The van der Waals surface area contributed by atoms with E-state index in [9.17, 15) is 5.11 Å². The Morgan fingerprint density at radius 3 is 3.04 bits per heavy atom. The maximum Gasteiger partial charge on any atom is 0.252 e. The standard InChI is InChI=1S/C15H19N7O/c1-11(23)13-8-12-9-20(5-3-7-21(12)18-13)10-14-17-15-16-4-2-6-22(15)19-14/h2,4,6,8,11,23H,3,5,7,9-10H2,1H3/t11-/m0/s1. The molecule has 0 unspecified atom stereocenters. The van der Waals surface area contributed by atoms with Crippen LogP contribution < -0.4 is 0 Å². The van der Waals surface area contributed by atoms with Crippen LogP contribution in [0.3, 0.4) is 0 Å². The molecule has 1 aliphatic rings. The molecule has 4 rings (SSSR count). The van der Waals surface area contributed by atoms with Crippen molar-refractivity contribution < 1.29 is 5.11 Å². The highest BCUT2D eigenvalue weighted by Gasteiger charge is 2.19. The Morgan fingerprint density at radius 1 is 1.30 bits per heavy atom. The molecular formula is C15H19N7O. The van der Waals surface area contributed by atoms with E-state index in [0.717, 1.165) is 43.3 Å². The van der Waals surface area contributed by atoms with Crippen molar-refractivity contribution in [3.05, 3.63) is 41.7 Å². The Morgan fingerprint density at radius 2 is 2.22 bits per heavy atom. The van der Waals surface area contributed by atoms with E-state index in [2.05, 4.69) is 25.1 Å². The Hall–Kier alpha value is -2.32. The van der Waals surface area contributed by atoms with Crippen LogP contribution >= 0.6 is 0 Å². The molecule has 23 heavy (non-hydrogen) atoms. The molecule has 0 amide bonds. The van der Waals surface area contributed by atoms with Gasteiger partial charge in [-0.2, -0.15) is 10.1 Å². The van der Waals surface area contributed by atoms with E-state index in [1.807, 2.05) is 23.0 Å². The number of rotatable bonds is 3. The van der Waals surface area contributed by atoms with Crippen LogP contribution in [0.2, 0.25) is 0 Å². The zero-order valence-electron chi connectivity index (χ0n) is 13.0. The zero-order chi connectivity index (χ0) is 15.8. The summed E-state index contributed by atoms with van der Waals surface area (Å²) < 4.78 is 3.70. The summed E-state index contributed by atoms with van der Waals surface area (Å²) in [4.78, 5) is 11.0. The van der Waals surface area contributed by atoms with Gasteiger partial charge in [-0.05, 0) is 25.5 Å². The molecule has 3 aromatic rings. The lowest BCUT2D eigenvalue weighted by Gasteiger charge is -2.17. The Labute approximate surface area is 133 Å². The third kappa shape index (κ3) is 2.82. The summed E-state index contributed by atoms with van der Waals surface area (Å²) in [7, 11) is 0. The first-order valence-electron chi connectivity index (χ1n) is 7.82. The van der Waals surface area contributed by atoms with Gasteiger partial charge in [-0.15, -0.1) is 5.10 Å². The van der Waals surface area contributed by atoms with E-state index in [-0.39, 0.29) is 0 Å². The van der Waals surface area contributed by atoms with Gasteiger partial charge in [0.2, 0.25) is 0 Å². The number of fused-ring (bicyclic) bond motifs is 2. The Balaban J connectivity index is 1.54. The average Bonchev–Trinajstić information content (AvgIpc) is 3.06. The second-order valence-electron chi connectivity index (χ2n) is 5.92. The Bertz CT molecular complexity index is 789. The monoisotopic (exact) mass is 313 g/mol. The van der Waals surface area contributed by atoms with Gasteiger partial charge in [0, 0.05) is 32.0 Å². The van der Waals surface area contributed by atoms with Crippen LogP contribution in [0, 0.1) is 0 Å². The number of hydrogen-bond acceptors (Lipinski definition) is 6. The van der Waals surface area contributed by atoms with Gasteiger partial charge in [0.05, 0.1) is 24.0 Å². The van der Waals surface area contributed by atoms with Crippen LogP contribution in [0.5, 0.6) is 0 Å². The Kier molecular flexibility index (Phi) is 3.55. The number of aliphatic hydroxyl groups is 1. The van der Waals surface area contributed by atoms with Gasteiger partial charge in [0.1, 0.15) is 0 Å². The summed E-state index contributed by atoms with van der Waals surface area (Å²) in [6.45, 7) is 5.05. The molecule has 0 bridgehead atoms. The van der Waals surface area contributed by atoms with Crippen molar-refractivity contribution >= 4 is 5.78 Å². The van der Waals surface area contributed by atoms with Crippen molar-refractivity contribution in [3.8, 4) is 0 Å². The fourth-order valence-electron chi connectivity index (χ4n) is 2.93. The summed E-state index contributed by atoms with van der Waals surface area (Å²) >= 11 is 0. The predicted molar refractivity (Wildman–Crippen MR) is 82.4 cm³/mol. The van der Waals surface area contributed by atoms with Crippen molar-refractivity contribution in [3.63, 3.8) is 0 Å². The molecule has 3 aromatic heterocycles. The van der Waals surface area contributed by atoms with Crippen LogP contribution in [0.4, 0.5) is 0 Å². The highest BCUT2D eigenvalue weighted by Crippen LogP contribution is 2.18. The van der Waals surface area contributed by atoms with Crippen molar-refractivity contribution in [1.29, 1.82) is 0 Å². The first-order valence-corrected chi connectivity index (χ1v) is 7.82. The summed E-state index contributed by atoms with van der Waals surface area (Å²) in [5, 5.41) is 18.7. The first-order chi connectivity index (χ1) is 11.2. The van der Waals surface area contributed by atoms with E-state index in [1.54, 1.807) is 17.6 Å². The quantitative estimate of drug-likeness (QED) is 0.769. The van der Waals surface area contributed by atoms with Gasteiger partial charge >= 0.3 is 0 Å². The maximum atomic E-state index is 9.71. The SMILES string of the molecule is C[C@H](O)c1cc2n(n1)CCCN(Cc1nc3ncccn3n1)C2. The fourth-order valence-corrected chi connectivity index (χ4v) is 2.93. The molecule has 0 radical (unpaired) electrons. The molecule has 1 N–H and O–H groups in total. The lowest BCUT2D eigenvalue weighted by Crippen LogP contribution is -2.23. The number of aromatic nitrogens is 6. The number of aryl methyl sites for hydroxylation is 1. The molecule has 0 fully saturated rings. The number of aliphatic hydroxyl groups excluding tert-OH is 1. The number of hydrogen-bond donors (Lipinski definition) is 1. The predicted octanol–water partition coefficient (Wildman–Crippen LogP) is 0.780. The van der Waals surface area contributed by atoms with Gasteiger partial charge in [-0.3, -0.25) is 9.58 Å². The smallest absolute Gasteiger partial charge is 0.252 e. The molecule has 8 heteroatoms. The lowest BCUT2D eigenvalue weighted by atomic mass is 10.2. The van der Waals surface area contributed by atoms with Crippen LogP contribution in [-0.4, -0.2) is 45.9 Å². The molecule has 0 saturated carbocycles.